The molecule has 2 rings (SSSR count). The molecule has 0 unspecified atom stereocenters. The zero-order chi connectivity index (χ0) is 19.4. The van der Waals surface area contributed by atoms with Gasteiger partial charge in [0.1, 0.15) is 5.00 Å². The molecule has 26 heavy (non-hydrogen) atoms. The van der Waals surface area contributed by atoms with Crippen LogP contribution < -0.4 is 5.32 Å². The lowest BCUT2D eigenvalue weighted by atomic mass is 10.1. The molecule has 0 aliphatic heterocycles. The van der Waals surface area contributed by atoms with Crippen LogP contribution in [0.5, 0.6) is 0 Å². The van der Waals surface area contributed by atoms with Gasteiger partial charge in [0.05, 0.1) is 28.3 Å². The molecule has 0 aliphatic carbocycles. The maximum absolute atomic E-state index is 12.6. The van der Waals surface area contributed by atoms with Crippen molar-refractivity contribution in [3.63, 3.8) is 0 Å². The van der Waals surface area contributed by atoms with Gasteiger partial charge in [0.2, 0.25) is 0 Å². The highest BCUT2D eigenvalue weighted by atomic mass is 35.5. The van der Waals surface area contributed by atoms with Gasteiger partial charge in [-0.2, -0.15) is 0 Å². The number of aromatic nitrogens is 2. The maximum Gasteiger partial charge on any atom is 0.341 e. The van der Waals surface area contributed by atoms with Crippen LogP contribution in [0.25, 0.3) is 0 Å². The van der Waals surface area contributed by atoms with E-state index in [0.29, 0.717) is 15.6 Å². The molecular formula is C16H16ClN3O4S2. The van der Waals surface area contributed by atoms with E-state index in [1.807, 2.05) is 0 Å². The Labute approximate surface area is 163 Å². The van der Waals surface area contributed by atoms with Crippen LogP contribution in [0.4, 0.5) is 5.00 Å². The number of anilines is 1. The number of hydrogen-bond donors (Lipinski definition) is 1. The number of carbonyl (C=O) groups excluding carboxylic acids is 3. The first-order chi connectivity index (χ1) is 12.3. The van der Waals surface area contributed by atoms with E-state index in [2.05, 4.69) is 15.3 Å². The van der Waals surface area contributed by atoms with E-state index in [4.69, 9.17) is 16.3 Å². The number of thiophene rings is 1. The van der Waals surface area contributed by atoms with E-state index < -0.39 is 11.9 Å². The van der Waals surface area contributed by atoms with Crippen LogP contribution in [-0.2, 0) is 4.74 Å². The van der Waals surface area contributed by atoms with Crippen molar-refractivity contribution in [2.24, 2.45) is 0 Å². The van der Waals surface area contributed by atoms with E-state index in [-0.39, 0.29) is 33.7 Å². The number of ether oxygens (including phenoxy) is 1. The number of amides is 1. The quantitative estimate of drug-likeness (QED) is 0.332. The maximum atomic E-state index is 12.6. The SMILES string of the molecule is CCOC(=O)c1c(NC(=O)c2nc(SC)ncc2Cl)sc(C(C)=O)c1C. The predicted octanol–water partition coefficient (Wildman–Crippen LogP) is 3.85. The first kappa shape index (κ1) is 20.3. The molecule has 138 valence electrons. The molecule has 0 saturated heterocycles. The monoisotopic (exact) mass is 413 g/mol. The Hall–Kier alpha value is -1.97. The first-order valence-electron chi connectivity index (χ1n) is 7.49. The fraction of sp³-hybridized carbons (Fsp3) is 0.312. The second kappa shape index (κ2) is 8.61. The van der Waals surface area contributed by atoms with Crippen molar-refractivity contribution >= 4 is 57.4 Å². The van der Waals surface area contributed by atoms with Crippen molar-refractivity contribution < 1.29 is 19.1 Å². The molecule has 0 fully saturated rings. The number of rotatable bonds is 6. The first-order valence-corrected chi connectivity index (χ1v) is 9.91. The van der Waals surface area contributed by atoms with Gasteiger partial charge in [-0.15, -0.1) is 11.3 Å². The van der Waals surface area contributed by atoms with Gasteiger partial charge in [0.15, 0.2) is 16.6 Å². The van der Waals surface area contributed by atoms with Gasteiger partial charge in [-0.25, -0.2) is 14.8 Å². The van der Waals surface area contributed by atoms with Crippen molar-refractivity contribution in [3.05, 3.63) is 32.9 Å². The van der Waals surface area contributed by atoms with Crippen molar-refractivity contribution in [1.29, 1.82) is 0 Å². The average molecular weight is 414 g/mol. The number of ketones is 1. The molecule has 2 heterocycles. The number of nitrogens with one attached hydrogen (secondary N) is 1. The molecule has 1 amide bonds. The Morgan fingerprint density at radius 1 is 1.38 bits per heavy atom. The minimum absolute atomic E-state index is 0.0174. The molecule has 2 aromatic heterocycles. The summed E-state index contributed by atoms with van der Waals surface area (Å²) >= 11 is 8.29. The van der Waals surface area contributed by atoms with E-state index in [1.165, 1.54) is 24.9 Å². The number of Topliss-reactive ketones (excluding diaryl/α,β-unsaturated/α-hetero) is 1. The lowest BCUT2D eigenvalue weighted by molar-refractivity contribution is 0.0527. The summed E-state index contributed by atoms with van der Waals surface area (Å²) in [6.07, 6.45) is 3.10. The second-order valence-corrected chi connectivity index (χ2v) is 7.25. The summed E-state index contributed by atoms with van der Waals surface area (Å²) in [5, 5.41) is 3.30. The van der Waals surface area contributed by atoms with Gasteiger partial charge in [0, 0.05) is 0 Å². The van der Waals surface area contributed by atoms with E-state index in [1.54, 1.807) is 20.1 Å². The Kier molecular flexibility index (Phi) is 6.74. The lowest BCUT2D eigenvalue weighted by Gasteiger charge is -2.08. The van der Waals surface area contributed by atoms with Crippen LogP contribution in [0.2, 0.25) is 5.02 Å². The lowest BCUT2D eigenvalue weighted by Crippen LogP contribution is -2.17. The van der Waals surface area contributed by atoms with Crippen LogP contribution in [0.3, 0.4) is 0 Å². The van der Waals surface area contributed by atoms with Gasteiger partial charge >= 0.3 is 5.97 Å². The predicted molar refractivity (Wildman–Crippen MR) is 102 cm³/mol. The van der Waals surface area contributed by atoms with Crippen LogP contribution in [-0.4, -0.2) is 40.5 Å². The summed E-state index contributed by atoms with van der Waals surface area (Å²) < 4.78 is 5.04. The molecule has 10 heteroatoms. The molecule has 2 aromatic rings. The molecule has 0 aliphatic rings. The standard InChI is InChI=1S/C16H16ClN3O4S2/c1-5-24-15(23)10-7(2)12(8(3)21)26-14(10)20-13(22)11-9(17)6-18-16(19-11)25-4/h6H,5H2,1-4H3,(H,20,22). The van der Waals surface area contributed by atoms with E-state index in [0.717, 1.165) is 11.3 Å². The molecule has 0 radical (unpaired) electrons. The molecule has 0 spiro atoms. The summed E-state index contributed by atoms with van der Waals surface area (Å²) in [5.74, 6) is -1.42. The van der Waals surface area contributed by atoms with Crippen molar-refractivity contribution in [1.82, 2.24) is 9.97 Å². The van der Waals surface area contributed by atoms with Crippen molar-refractivity contribution in [2.45, 2.75) is 25.9 Å². The molecule has 1 N–H and O–H groups in total. The largest absolute Gasteiger partial charge is 0.462 e. The van der Waals surface area contributed by atoms with Crippen LogP contribution >= 0.6 is 34.7 Å². The van der Waals surface area contributed by atoms with Gasteiger partial charge in [-0.3, -0.25) is 9.59 Å². The minimum Gasteiger partial charge on any atom is -0.462 e. The molecule has 0 atom stereocenters. The Bertz CT molecular complexity index is 883. The number of esters is 1. The minimum atomic E-state index is -0.609. The Morgan fingerprint density at radius 3 is 2.65 bits per heavy atom. The van der Waals surface area contributed by atoms with Crippen molar-refractivity contribution in [3.8, 4) is 0 Å². The van der Waals surface area contributed by atoms with Gasteiger partial charge in [-0.1, -0.05) is 23.4 Å². The second-order valence-electron chi connectivity index (χ2n) is 5.04. The summed E-state index contributed by atoms with van der Waals surface area (Å²) in [6, 6.07) is 0. The normalized spacial score (nSPS) is 10.5. The Balaban J connectivity index is 2.45. The number of halogens is 1. The fourth-order valence-electron chi connectivity index (χ4n) is 2.16. The molecule has 7 nitrogen and oxygen atoms in total. The third-order valence-corrected chi connectivity index (χ3v) is 5.44. The zero-order valence-electron chi connectivity index (χ0n) is 14.5. The summed E-state index contributed by atoms with van der Waals surface area (Å²) in [6.45, 7) is 4.88. The van der Waals surface area contributed by atoms with Gasteiger partial charge in [0.25, 0.3) is 5.91 Å². The highest BCUT2D eigenvalue weighted by molar-refractivity contribution is 7.98. The topological polar surface area (TPSA) is 98.2 Å². The summed E-state index contributed by atoms with van der Waals surface area (Å²) in [7, 11) is 0. The number of nitrogens with zero attached hydrogens (tertiary/aromatic N) is 2. The van der Waals surface area contributed by atoms with Gasteiger partial charge in [-0.05, 0) is 32.6 Å². The van der Waals surface area contributed by atoms with Crippen LogP contribution in [0.1, 0.15) is 49.9 Å². The highest BCUT2D eigenvalue weighted by Gasteiger charge is 2.26. The fourth-order valence-corrected chi connectivity index (χ4v) is 3.76. The third kappa shape index (κ3) is 4.22. The number of carbonyl (C=O) groups is 3. The van der Waals surface area contributed by atoms with Crippen LogP contribution in [0.15, 0.2) is 11.4 Å². The van der Waals surface area contributed by atoms with Crippen molar-refractivity contribution in [2.75, 3.05) is 18.2 Å². The zero-order valence-corrected chi connectivity index (χ0v) is 16.9. The average Bonchev–Trinajstić information content (AvgIpc) is 2.91. The summed E-state index contributed by atoms with van der Waals surface area (Å²) in [4.78, 5) is 45.1. The molecule has 0 saturated carbocycles. The van der Waals surface area contributed by atoms with Gasteiger partial charge < -0.3 is 10.1 Å². The van der Waals surface area contributed by atoms with E-state index in [9.17, 15) is 14.4 Å². The number of thioether (sulfide) groups is 1. The molecule has 0 bridgehead atoms. The van der Waals surface area contributed by atoms with Crippen LogP contribution in [0, 0.1) is 6.92 Å². The molecular weight excluding hydrogens is 398 g/mol. The number of hydrogen-bond acceptors (Lipinski definition) is 8. The Morgan fingerprint density at radius 2 is 2.08 bits per heavy atom. The smallest absolute Gasteiger partial charge is 0.341 e. The highest BCUT2D eigenvalue weighted by Crippen LogP contribution is 2.34. The summed E-state index contributed by atoms with van der Waals surface area (Å²) in [5.41, 5.74) is 0.608. The molecule has 0 aromatic carbocycles. The van der Waals surface area contributed by atoms with E-state index >= 15 is 0 Å². The third-order valence-electron chi connectivity index (χ3n) is 3.29.